The van der Waals surface area contributed by atoms with E-state index in [-0.39, 0.29) is 18.9 Å². The van der Waals surface area contributed by atoms with Gasteiger partial charge in [-0.15, -0.1) is 0 Å². The van der Waals surface area contributed by atoms with Crippen LogP contribution in [0.15, 0.2) is 36.4 Å². The predicted octanol–water partition coefficient (Wildman–Crippen LogP) is 7.21. The van der Waals surface area contributed by atoms with Crippen molar-refractivity contribution in [2.75, 3.05) is 0 Å². The van der Waals surface area contributed by atoms with Crippen LogP contribution in [-0.4, -0.2) is 219 Å². The minimum absolute atomic E-state index is 0.0416. The molecular weight excluding hydrogens is 1250 g/mol. The van der Waals surface area contributed by atoms with E-state index < -0.39 is 183 Å². The van der Waals surface area contributed by atoms with Crippen molar-refractivity contribution in [3.63, 3.8) is 0 Å². The van der Waals surface area contributed by atoms with Crippen molar-refractivity contribution in [3.8, 4) is 0 Å². The number of fused-ring (bicyclic) bond motifs is 2. The molecule has 0 aromatic heterocycles. The van der Waals surface area contributed by atoms with Crippen LogP contribution in [0, 0.1) is 5.92 Å². The molecule has 1 aromatic rings. The molecule has 0 aliphatic carbocycles. The third kappa shape index (κ3) is 22.8. The van der Waals surface area contributed by atoms with E-state index in [9.17, 15) is 54.9 Å². The quantitative estimate of drug-likeness (QED) is 0.0208. The molecule has 7 rings (SSSR count). The molecule has 0 amide bonds. The highest BCUT2D eigenvalue weighted by Gasteiger charge is 2.59. The molecule has 6 aliphatic heterocycles. The molecule has 25 nitrogen and oxygen atoms in total. The Bertz CT molecular complexity index is 2470. The number of aliphatic hydroxyl groups excluding tert-OH is 7. The summed E-state index contributed by atoms with van der Waals surface area (Å²) in [4.78, 5) is 55.5. The summed E-state index contributed by atoms with van der Waals surface area (Å²) in [5.74, 6) is -3.96. The molecule has 0 saturated carbocycles. The molecule has 96 heavy (non-hydrogen) atoms. The van der Waals surface area contributed by atoms with Crippen molar-refractivity contribution in [2.24, 2.45) is 5.92 Å². The molecule has 6 saturated heterocycles. The van der Waals surface area contributed by atoms with Gasteiger partial charge in [-0.3, -0.25) is 14.4 Å². The molecular formula is C71H114O25. The van der Waals surface area contributed by atoms with Crippen LogP contribution in [0.5, 0.6) is 0 Å². The normalized spacial score (nSPS) is 38.5. The summed E-state index contributed by atoms with van der Waals surface area (Å²) in [5, 5.41) is 81.7. The average Bonchev–Trinajstić information content (AvgIpc) is 0.769. The highest BCUT2D eigenvalue weighted by molar-refractivity contribution is 5.87. The van der Waals surface area contributed by atoms with Crippen LogP contribution in [0.2, 0.25) is 0 Å². The van der Waals surface area contributed by atoms with Crippen LogP contribution in [0.4, 0.5) is 0 Å². The van der Waals surface area contributed by atoms with E-state index in [4.69, 9.17) is 66.3 Å². The number of hydrogen-bond acceptors (Lipinski definition) is 25. The predicted molar refractivity (Wildman–Crippen MR) is 345 cm³/mol. The van der Waals surface area contributed by atoms with E-state index in [1.165, 1.54) is 46.6 Å². The van der Waals surface area contributed by atoms with E-state index in [2.05, 4.69) is 13.8 Å². The number of carbonyl (C=O) groups is 4. The highest BCUT2D eigenvalue weighted by atomic mass is 16.8. The van der Waals surface area contributed by atoms with Gasteiger partial charge in [0.15, 0.2) is 55.9 Å². The van der Waals surface area contributed by atoms with Crippen molar-refractivity contribution in [3.05, 3.63) is 42.0 Å². The number of unbranched alkanes of at least 4 members (excludes halogenated alkanes) is 10. The number of esters is 4. The van der Waals surface area contributed by atoms with Gasteiger partial charge in [-0.1, -0.05) is 167 Å². The van der Waals surface area contributed by atoms with E-state index >= 15 is 0 Å². The lowest BCUT2D eigenvalue weighted by atomic mass is 9.95. The maximum Gasteiger partial charge on any atom is 0.331 e. The maximum atomic E-state index is 14.2. The molecule has 25 heteroatoms. The van der Waals surface area contributed by atoms with Gasteiger partial charge in [0, 0.05) is 18.9 Å². The Morgan fingerprint density at radius 1 is 0.490 bits per heavy atom. The number of benzene rings is 1. The Morgan fingerprint density at radius 2 is 1.03 bits per heavy atom. The molecule has 548 valence electrons. The second-order valence-electron chi connectivity index (χ2n) is 27.3. The van der Waals surface area contributed by atoms with Gasteiger partial charge in [-0.25, -0.2) is 4.79 Å². The molecule has 1 unspecified atom stereocenters. The number of ether oxygens (including phenoxy) is 14. The largest absolute Gasteiger partial charge is 0.457 e. The molecule has 0 radical (unpaired) electrons. The van der Waals surface area contributed by atoms with Crippen molar-refractivity contribution < 1.29 is 121 Å². The zero-order chi connectivity index (χ0) is 69.6. The van der Waals surface area contributed by atoms with Gasteiger partial charge < -0.3 is 102 Å². The van der Waals surface area contributed by atoms with Gasteiger partial charge in [0.2, 0.25) is 0 Å². The molecule has 26 atom stereocenters. The lowest BCUT2D eigenvalue weighted by molar-refractivity contribution is -0.399. The first kappa shape index (κ1) is 79.5. The number of carbonyl (C=O) groups excluding carboxylic acids is 4. The Kier molecular flexibility index (Phi) is 33.1. The number of aliphatic hydroxyl groups is 7. The fourth-order valence-electron chi connectivity index (χ4n) is 13.2. The van der Waals surface area contributed by atoms with Crippen LogP contribution >= 0.6 is 0 Å². The van der Waals surface area contributed by atoms with Gasteiger partial charge in [-0.05, 0) is 71.9 Å². The third-order valence-corrected chi connectivity index (χ3v) is 19.1. The first-order chi connectivity index (χ1) is 46.0. The van der Waals surface area contributed by atoms with Crippen LogP contribution in [0.3, 0.4) is 0 Å². The molecule has 6 fully saturated rings. The lowest BCUT2D eigenvalue weighted by Gasteiger charge is -2.51. The molecule has 0 bridgehead atoms. The molecule has 1 aromatic carbocycles. The summed E-state index contributed by atoms with van der Waals surface area (Å²) < 4.78 is 89.4. The Balaban J connectivity index is 1.21. The number of hydrogen-bond donors (Lipinski definition) is 7. The minimum atomic E-state index is -1.95. The average molecular weight is 1370 g/mol. The SMILES string of the molecule is CCCCCCCCCCCC(=O)O[C@@H]1[C@@H](O)[C@@H](OC(=O)/C=C/c2ccccc2)[C@H](O[C@@H]2[C@@H](O[C@@H]3O[C@@H](C)[C@H](O)[C@@H](O)[C@H]3O)[C@@H](OC(=O)C(C)C)[C@H](O[C@@H]3[C@@H](O)[C@H]4OC(=O)CCCCCCCCCC(CCCCC)O[C@@H]5O[C@H](C)[C@H](O)[C@H](O)[C@H]5O[C@@H]4O[C@H]3C)O[C@H]2C)O[C@H]1C. The van der Waals surface area contributed by atoms with Crippen molar-refractivity contribution in [1.82, 2.24) is 0 Å². The molecule has 0 spiro atoms. The lowest BCUT2D eigenvalue weighted by Crippen LogP contribution is -2.68. The van der Waals surface area contributed by atoms with Crippen molar-refractivity contribution in [1.29, 1.82) is 0 Å². The summed E-state index contributed by atoms with van der Waals surface area (Å²) >= 11 is 0. The van der Waals surface area contributed by atoms with Crippen LogP contribution < -0.4 is 0 Å². The standard InChI is InChI=1S/C71H114O25/c1-10-12-14-15-16-17-20-23-30-36-48(72)89-58-43(7)85-69(62(56(58)80)91-50(74)39-38-46-32-27-25-28-33-46)94-60-45(9)87-71(65(92-66(82)40(3)4)64(60)96-67-55(79)53(77)51(75)41(5)83-67)93-59-44(8)86-70-63(57(59)81)90-49(73)37-31-24-21-18-19-22-29-35-47(34-26-13-11-2)88-68-61(95-70)54(78)52(76)42(6)84-68/h25,27-28,32-33,38-45,47,51-65,67-71,75-81H,10-24,26,29-31,34-37H2,1-9H3/b39-38+/t41-,42+,43-,44-,45-,47?,51-,52-,53+,54-,55+,56+,57+,58-,59-,60-,61+,62+,63+,64+,65+,67-,68-,69-,70-,71-/m0/s1. The van der Waals surface area contributed by atoms with Crippen LogP contribution in [-0.2, 0) is 85.5 Å². The Morgan fingerprint density at radius 3 is 1.71 bits per heavy atom. The van der Waals surface area contributed by atoms with Gasteiger partial charge in [0.05, 0.1) is 42.5 Å². The minimum Gasteiger partial charge on any atom is -0.457 e. The van der Waals surface area contributed by atoms with E-state index in [1.54, 1.807) is 51.1 Å². The second kappa shape index (κ2) is 40.0. The smallest absolute Gasteiger partial charge is 0.331 e. The zero-order valence-corrected chi connectivity index (χ0v) is 57.9. The van der Waals surface area contributed by atoms with Crippen molar-refractivity contribution >= 4 is 30.0 Å². The summed E-state index contributed by atoms with van der Waals surface area (Å²) in [6, 6.07) is 8.87. The van der Waals surface area contributed by atoms with E-state index in [1.807, 2.05) is 0 Å². The van der Waals surface area contributed by atoms with Gasteiger partial charge in [0.25, 0.3) is 0 Å². The molecule has 6 aliphatic rings. The monoisotopic (exact) mass is 1370 g/mol. The van der Waals surface area contributed by atoms with E-state index in [0.29, 0.717) is 31.2 Å². The Hall–Kier alpha value is -3.84. The maximum absolute atomic E-state index is 14.2. The molecule has 6 heterocycles. The van der Waals surface area contributed by atoms with Crippen LogP contribution in [0.25, 0.3) is 6.08 Å². The summed E-state index contributed by atoms with van der Waals surface area (Å²) in [6.45, 7) is 15.0. The van der Waals surface area contributed by atoms with Gasteiger partial charge >= 0.3 is 23.9 Å². The van der Waals surface area contributed by atoms with Crippen molar-refractivity contribution in [2.45, 2.75) is 370 Å². The highest BCUT2D eigenvalue weighted by Crippen LogP contribution is 2.40. The summed E-state index contributed by atoms with van der Waals surface area (Å²) in [7, 11) is 0. The topological polar surface area (TPSA) is 339 Å². The molecule has 7 N–H and O–H groups in total. The summed E-state index contributed by atoms with van der Waals surface area (Å²) in [6.07, 6.45) is -17.4. The van der Waals surface area contributed by atoms with E-state index in [0.717, 1.165) is 102 Å². The first-order valence-electron chi connectivity index (χ1n) is 35.9. The van der Waals surface area contributed by atoms with Gasteiger partial charge in [0.1, 0.15) is 67.1 Å². The second-order valence-corrected chi connectivity index (χ2v) is 27.3. The summed E-state index contributed by atoms with van der Waals surface area (Å²) in [5.41, 5.74) is 0.647. The van der Waals surface area contributed by atoms with Gasteiger partial charge in [-0.2, -0.15) is 0 Å². The fraction of sp³-hybridized carbons (Fsp3) is 0.831. The first-order valence-corrected chi connectivity index (χ1v) is 35.9. The fourth-order valence-corrected chi connectivity index (χ4v) is 13.2. The third-order valence-electron chi connectivity index (χ3n) is 19.1. The number of rotatable bonds is 26. The zero-order valence-electron chi connectivity index (χ0n) is 57.9. The Labute approximate surface area is 566 Å². The van der Waals surface area contributed by atoms with Crippen LogP contribution in [0.1, 0.15) is 216 Å².